The number of pyridine rings is 1. The standard InChI is InChI=1S/C24H33N7O3S/c1-24(2,3)15-27-22-21-17(7-8-25-22)14-26-23(29-21)28-19-6-5-18(13-20(19)34-4)31-11-9-30(10-12-31)16-35(32)33/h5-8,13-14,35H,9-12,15-16H2,1-4H3,(H,25,27)(H,26,28,29). The van der Waals surface area contributed by atoms with Crippen molar-refractivity contribution in [2.24, 2.45) is 5.41 Å². The molecule has 35 heavy (non-hydrogen) atoms. The van der Waals surface area contributed by atoms with Gasteiger partial charge in [0.25, 0.3) is 0 Å². The number of nitrogens with one attached hydrogen (secondary N) is 2. The molecule has 1 aliphatic heterocycles. The number of hydrogen-bond donors (Lipinski definition) is 3. The molecular weight excluding hydrogens is 466 g/mol. The van der Waals surface area contributed by atoms with Crippen molar-refractivity contribution in [1.82, 2.24) is 19.9 Å². The minimum absolute atomic E-state index is 0.106. The van der Waals surface area contributed by atoms with Crippen LogP contribution in [0.5, 0.6) is 5.75 Å². The van der Waals surface area contributed by atoms with E-state index in [2.05, 4.69) is 46.3 Å². The van der Waals surface area contributed by atoms with Crippen molar-refractivity contribution >= 4 is 44.7 Å². The van der Waals surface area contributed by atoms with Gasteiger partial charge in [-0.3, -0.25) is 4.90 Å². The van der Waals surface area contributed by atoms with E-state index in [4.69, 9.17) is 9.72 Å². The van der Waals surface area contributed by atoms with Crippen molar-refractivity contribution < 1.29 is 13.2 Å². The van der Waals surface area contributed by atoms with Gasteiger partial charge in [-0.05, 0) is 23.6 Å². The maximum atomic E-state index is 11.0. The highest BCUT2D eigenvalue weighted by Gasteiger charge is 2.19. The SMILES string of the molecule is COc1cc(N2CCN(C[SH](=O)=O)CC2)ccc1Nc1ncc2ccnc(NCC(C)(C)C)c2n1. The average molecular weight is 500 g/mol. The molecule has 4 rings (SSSR count). The molecule has 1 aliphatic rings. The summed E-state index contributed by atoms with van der Waals surface area (Å²) < 4.78 is 27.6. The van der Waals surface area contributed by atoms with Crippen LogP contribution in [-0.4, -0.2) is 74.0 Å². The highest BCUT2D eigenvalue weighted by atomic mass is 32.2. The van der Waals surface area contributed by atoms with Gasteiger partial charge in [-0.25, -0.2) is 23.4 Å². The topological polar surface area (TPSA) is 113 Å². The van der Waals surface area contributed by atoms with Crippen molar-refractivity contribution in [3.8, 4) is 5.75 Å². The molecule has 10 nitrogen and oxygen atoms in total. The fraction of sp³-hybridized carbons (Fsp3) is 0.458. The van der Waals surface area contributed by atoms with Crippen molar-refractivity contribution in [1.29, 1.82) is 0 Å². The van der Waals surface area contributed by atoms with Crippen LogP contribution < -0.4 is 20.3 Å². The Balaban J connectivity index is 1.51. The molecule has 1 fully saturated rings. The van der Waals surface area contributed by atoms with E-state index < -0.39 is 10.7 Å². The number of ether oxygens (including phenoxy) is 1. The van der Waals surface area contributed by atoms with E-state index in [1.54, 1.807) is 19.5 Å². The lowest BCUT2D eigenvalue weighted by molar-refractivity contribution is 0.296. The van der Waals surface area contributed by atoms with Gasteiger partial charge < -0.3 is 20.3 Å². The Labute approximate surface area is 207 Å². The number of rotatable bonds is 8. The molecule has 0 bridgehead atoms. The Morgan fingerprint density at radius 1 is 1.09 bits per heavy atom. The molecular formula is C24H33N7O3S. The molecule has 0 aliphatic carbocycles. The molecule has 0 radical (unpaired) electrons. The van der Waals surface area contributed by atoms with Crippen molar-refractivity contribution in [3.63, 3.8) is 0 Å². The maximum Gasteiger partial charge on any atom is 0.227 e. The van der Waals surface area contributed by atoms with Crippen LogP contribution in [0.3, 0.4) is 0 Å². The molecule has 0 unspecified atom stereocenters. The number of benzene rings is 1. The first-order valence-electron chi connectivity index (χ1n) is 11.6. The second kappa shape index (κ2) is 10.6. The molecule has 2 aromatic heterocycles. The Morgan fingerprint density at radius 3 is 2.54 bits per heavy atom. The van der Waals surface area contributed by atoms with Crippen molar-refractivity contribution in [2.75, 3.05) is 61.2 Å². The molecule has 0 saturated carbocycles. The van der Waals surface area contributed by atoms with Gasteiger partial charge in [0, 0.05) is 62.3 Å². The zero-order valence-corrected chi connectivity index (χ0v) is 21.5. The van der Waals surface area contributed by atoms with Gasteiger partial charge in [0.1, 0.15) is 11.3 Å². The highest BCUT2D eigenvalue weighted by Crippen LogP contribution is 2.32. The fourth-order valence-corrected chi connectivity index (χ4v) is 4.52. The summed E-state index contributed by atoms with van der Waals surface area (Å²) in [4.78, 5) is 17.9. The first-order chi connectivity index (χ1) is 16.7. The molecule has 2 N–H and O–H groups in total. The monoisotopic (exact) mass is 499 g/mol. The number of anilines is 4. The Hall–Kier alpha value is -3.18. The Kier molecular flexibility index (Phi) is 7.56. The third-order valence-electron chi connectivity index (χ3n) is 5.77. The highest BCUT2D eigenvalue weighted by molar-refractivity contribution is 7.72. The van der Waals surface area contributed by atoms with Crippen LogP contribution in [0, 0.1) is 5.41 Å². The lowest BCUT2D eigenvalue weighted by Gasteiger charge is -2.35. The number of piperazine rings is 1. The van der Waals surface area contributed by atoms with Crippen LogP contribution in [0.25, 0.3) is 10.9 Å². The average Bonchev–Trinajstić information content (AvgIpc) is 2.82. The smallest absolute Gasteiger partial charge is 0.227 e. The predicted octanol–water partition coefficient (Wildman–Crippen LogP) is 2.93. The van der Waals surface area contributed by atoms with Gasteiger partial charge in [-0.1, -0.05) is 20.8 Å². The second-order valence-electron chi connectivity index (χ2n) is 9.79. The van der Waals surface area contributed by atoms with Crippen molar-refractivity contribution in [2.45, 2.75) is 20.8 Å². The van der Waals surface area contributed by atoms with E-state index in [1.807, 2.05) is 29.2 Å². The molecule has 11 heteroatoms. The summed E-state index contributed by atoms with van der Waals surface area (Å²) >= 11 is 0. The van der Waals surface area contributed by atoms with Crippen LogP contribution in [-0.2, 0) is 10.7 Å². The Morgan fingerprint density at radius 2 is 1.86 bits per heavy atom. The van der Waals surface area contributed by atoms with Crippen LogP contribution >= 0.6 is 0 Å². The zero-order chi connectivity index (χ0) is 25.0. The van der Waals surface area contributed by atoms with E-state index in [9.17, 15) is 8.42 Å². The quantitative estimate of drug-likeness (QED) is 0.400. The summed E-state index contributed by atoms with van der Waals surface area (Å²) in [5.74, 6) is 1.97. The largest absolute Gasteiger partial charge is 0.494 e. The number of methoxy groups -OCH3 is 1. The molecule has 1 saturated heterocycles. The minimum atomic E-state index is -2.39. The van der Waals surface area contributed by atoms with Crippen LogP contribution in [0.15, 0.2) is 36.7 Å². The maximum absolute atomic E-state index is 11.0. The number of hydrogen-bond acceptors (Lipinski definition) is 10. The van der Waals surface area contributed by atoms with Gasteiger partial charge in [-0.15, -0.1) is 0 Å². The first-order valence-corrected chi connectivity index (χ1v) is 13.0. The molecule has 3 aromatic rings. The van der Waals surface area contributed by atoms with Gasteiger partial charge in [-0.2, -0.15) is 0 Å². The summed E-state index contributed by atoms with van der Waals surface area (Å²) in [5.41, 5.74) is 2.64. The van der Waals surface area contributed by atoms with Gasteiger partial charge >= 0.3 is 0 Å². The lowest BCUT2D eigenvalue weighted by atomic mass is 9.97. The fourth-order valence-electron chi connectivity index (χ4n) is 3.91. The molecule has 3 heterocycles. The third-order valence-corrected chi connectivity index (χ3v) is 6.40. The summed E-state index contributed by atoms with van der Waals surface area (Å²) in [7, 11) is -0.759. The van der Waals surface area contributed by atoms with Gasteiger partial charge in [0.05, 0.1) is 18.7 Å². The van der Waals surface area contributed by atoms with E-state index >= 15 is 0 Å². The second-order valence-corrected chi connectivity index (χ2v) is 10.7. The number of fused-ring (bicyclic) bond motifs is 1. The van der Waals surface area contributed by atoms with Crippen LogP contribution in [0.1, 0.15) is 20.8 Å². The van der Waals surface area contributed by atoms with E-state index in [1.165, 1.54) is 0 Å². The summed E-state index contributed by atoms with van der Waals surface area (Å²) in [5, 5.41) is 7.59. The number of nitrogens with zero attached hydrogens (tertiary/aromatic N) is 5. The molecule has 0 amide bonds. The summed E-state index contributed by atoms with van der Waals surface area (Å²) in [6, 6.07) is 7.84. The third kappa shape index (κ3) is 6.49. The van der Waals surface area contributed by atoms with Crippen molar-refractivity contribution in [3.05, 3.63) is 36.7 Å². The lowest BCUT2D eigenvalue weighted by Crippen LogP contribution is -2.46. The normalized spacial score (nSPS) is 14.9. The summed E-state index contributed by atoms with van der Waals surface area (Å²) in [6.45, 7) is 10.2. The first kappa shape index (κ1) is 24.9. The zero-order valence-electron chi connectivity index (χ0n) is 20.6. The number of thiol groups is 1. The van der Waals surface area contributed by atoms with Gasteiger partial charge in [0.15, 0.2) is 16.5 Å². The predicted molar refractivity (Wildman–Crippen MR) is 141 cm³/mol. The molecule has 0 atom stereocenters. The number of aromatic nitrogens is 3. The van der Waals surface area contributed by atoms with Crippen LogP contribution in [0.2, 0.25) is 0 Å². The van der Waals surface area contributed by atoms with E-state index in [0.717, 1.165) is 47.7 Å². The van der Waals surface area contributed by atoms with Crippen LogP contribution in [0.4, 0.5) is 23.1 Å². The van der Waals surface area contributed by atoms with E-state index in [0.29, 0.717) is 24.8 Å². The summed E-state index contributed by atoms with van der Waals surface area (Å²) in [6.07, 6.45) is 3.54. The molecule has 0 spiro atoms. The molecule has 1 aromatic carbocycles. The van der Waals surface area contributed by atoms with E-state index in [-0.39, 0.29) is 11.3 Å². The minimum Gasteiger partial charge on any atom is -0.494 e. The molecule has 188 valence electrons. The Bertz CT molecular complexity index is 1240. The van der Waals surface area contributed by atoms with Gasteiger partial charge in [0.2, 0.25) is 5.95 Å².